The second-order valence-electron chi connectivity index (χ2n) is 5.22. The first-order chi connectivity index (χ1) is 7.34. The molecule has 0 aliphatic carbocycles. The van der Waals surface area contributed by atoms with Crippen LogP contribution in [-0.4, -0.2) is 9.97 Å². The molecular weight excluding hydrogens is 202 g/mol. The lowest BCUT2D eigenvalue weighted by molar-refractivity contribution is 0.314. The Balaban J connectivity index is 3.10. The monoisotopic (exact) mass is 223 g/mol. The van der Waals surface area contributed by atoms with Crippen molar-refractivity contribution in [3.63, 3.8) is 0 Å². The molecule has 0 aromatic carbocycles. The summed E-state index contributed by atoms with van der Waals surface area (Å²) < 4.78 is 0. The lowest BCUT2D eigenvalue weighted by atomic mass is 9.87. The molecule has 1 aromatic rings. The Labute approximate surface area is 96.3 Å². The van der Waals surface area contributed by atoms with Crippen molar-refractivity contribution in [2.75, 3.05) is 0 Å². The Kier molecular flexibility index (Phi) is 3.86. The predicted molar refractivity (Wildman–Crippen MR) is 65.2 cm³/mol. The fraction of sp³-hybridized carbons (Fsp3) is 0.667. The molecule has 1 rings (SSSR count). The van der Waals surface area contributed by atoms with Gasteiger partial charge in [-0.05, 0) is 11.8 Å². The van der Waals surface area contributed by atoms with Crippen LogP contribution in [0.2, 0.25) is 0 Å². The van der Waals surface area contributed by atoms with Gasteiger partial charge in [0.2, 0.25) is 0 Å². The van der Waals surface area contributed by atoms with Gasteiger partial charge in [0.05, 0.1) is 6.04 Å². The maximum atomic E-state index is 11.5. The largest absolute Gasteiger partial charge is 0.321 e. The predicted octanol–water partition coefficient (Wildman–Crippen LogP) is 1.77. The van der Waals surface area contributed by atoms with Gasteiger partial charge in [0.25, 0.3) is 5.56 Å². The van der Waals surface area contributed by atoms with Crippen molar-refractivity contribution in [2.45, 2.75) is 46.6 Å². The fourth-order valence-corrected chi connectivity index (χ4v) is 1.47. The summed E-state index contributed by atoms with van der Waals surface area (Å²) in [5.41, 5.74) is 6.67. The maximum Gasteiger partial charge on any atom is 0.251 e. The molecule has 1 aromatic heterocycles. The summed E-state index contributed by atoms with van der Waals surface area (Å²) in [5, 5.41) is 0. The molecule has 90 valence electrons. The van der Waals surface area contributed by atoms with Crippen molar-refractivity contribution < 1.29 is 0 Å². The molecule has 0 radical (unpaired) electrons. The van der Waals surface area contributed by atoms with Gasteiger partial charge in [0.15, 0.2) is 0 Å². The van der Waals surface area contributed by atoms with Gasteiger partial charge in [-0.15, -0.1) is 0 Å². The first-order valence-electron chi connectivity index (χ1n) is 5.70. The van der Waals surface area contributed by atoms with E-state index in [1.807, 2.05) is 20.8 Å². The molecule has 0 spiro atoms. The zero-order valence-corrected chi connectivity index (χ0v) is 10.5. The Morgan fingerprint density at radius 2 is 2.12 bits per heavy atom. The van der Waals surface area contributed by atoms with Gasteiger partial charge in [0, 0.05) is 11.8 Å². The summed E-state index contributed by atoms with van der Waals surface area (Å²) in [6.07, 6.45) is 1.79. The van der Waals surface area contributed by atoms with Gasteiger partial charge in [-0.25, -0.2) is 4.98 Å². The Morgan fingerprint density at radius 1 is 1.50 bits per heavy atom. The van der Waals surface area contributed by atoms with Crippen molar-refractivity contribution >= 4 is 0 Å². The number of hydrogen-bond donors (Lipinski definition) is 2. The van der Waals surface area contributed by atoms with Crippen LogP contribution < -0.4 is 11.3 Å². The van der Waals surface area contributed by atoms with E-state index < -0.39 is 0 Å². The summed E-state index contributed by atoms with van der Waals surface area (Å²) >= 11 is 0. The maximum absolute atomic E-state index is 11.5. The number of hydrogen-bond acceptors (Lipinski definition) is 3. The van der Waals surface area contributed by atoms with Crippen LogP contribution >= 0.6 is 0 Å². The molecule has 1 unspecified atom stereocenters. The smallest absolute Gasteiger partial charge is 0.251 e. The van der Waals surface area contributed by atoms with Gasteiger partial charge < -0.3 is 10.7 Å². The van der Waals surface area contributed by atoms with Crippen LogP contribution in [0.25, 0.3) is 0 Å². The third-order valence-corrected chi connectivity index (χ3v) is 2.55. The normalized spacial score (nSPS) is 13.8. The number of nitrogens with one attached hydrogen (secondary N) is 1. The fourth-order valence-electron chi connectivity index (χ4n) is 1.47. The number of nitrogens with zero attached hydrogens (tertiary/aromatic N) is 1. The van der Waals surface area contributed by atoms with E-state index in [0.717, 1.165) is 18.5 Å². The van der Waals surface area contributed by atoms with E-state index in [2.05, 4.69) is 16.9 Å². The quantitative estimate of drug-likeness (QED) is 0.820. The van der Waals surface area contributed by atoms with Crippen molar-refractivity contribution in [1.29, 1.82) is 0 Å². The summed E-state index contributed by atoms with van der Waals surface area (Å²) in [4.78, 5) is 18.6. The molecule has 4 nitrogen and oxygen atoms in total. The SMILES string of the molecule is CCCc1cc(=O)[nH]c(C(N)C(C)(C)C)n1. The summed E-state index contributed by atoms with van der Waals surface area (Å²) in [6, 6.07) is 1.29. The first-order valence-corrected chi connectivity index (χ1v) is 5.70. The van der Waals surface area contributed by atoms with E-state index in [0.29, 0.717) is 5.82 Å². The first kappa shape index (κ1) is 12.9. The van der Waals surface area contributed by atoms with Crippen LogP contribution in [0.15, 0.2) is 10.9 Å². The van der Waals surface area contributed by atoms with Gasteiger partial charge in [0.1, 0.15) is 5.82 Å². The third-order valence-electron chi connectivity index (χ3n) is 2.55. The third kappa shape index (κ3) is 3.17. The minimum atomic E-state index is -0.253. The van der Waals surface area contributed by atoms with Crippen LogP contribution in [0, 0.1) is 5.41 Å². The summed E-state index contributed by atoms with van der Waals surface area (Å²) in [6.45, 7) is 8.16. The van der Waals surface area contributed by atoms with Crippen LogP contribution in [0.3, 0.4) is 0 Å². The highest BCUT2D eigenvalue weighted by molar-refractivity contribution is 5.07. The van der Waals surface area contributed by atoms with Gasteiger partial charge in [-0.1, -0.05) is 34.1 Å². The van der Waals surface area contributed by atoms with Gasteiger partial charge in [-0.3, -0.25) is 4.79 Å². The van der Waals surface area contributed by atoms with E-state index in [9.17, 15) is 4.79 Å². The Bertz CT molecular complexity index is 403. The van der Waals surface area contributed by atoms with Crippen LogP contribution in [0.5, 0.6) is 0 Å². The van der Waals surface area contributed by atoms with E-state index >= 15 is 0 Å². The molecule has 16 heavy (non-hydrogen) atoms. The molecular formula is C12H21N3O. The van der Waals surface area contributed by atoms with Crippen LogP contribution in [0.1, 0.15) is 51.7 Å². The summed E-state index contributed by atoms with van der Waals surface area (Å²) in [5.74, 6) is 0.587. The molecule has 0 fully saturated rings. The topological polar surface area (TPSA) is 71.8 Å². The van der Waals surface area contributed by atoms with Crippen LogP contribution in [0.4, 0.5) is 0 Å². The number of H-pyrrole nitrogens is 1. The van der Waals surface area contributed by atoms with Gasteiger partial charge in [-0.2, -0.15) is 0 Å². The minimum absolute atomic E-state index is 0.110. The molecule has 4 heteroatoms. The lowest BCUT2D eigenvalue weighted by Crippen LogP contribution is -2.30. The van der Waals surface area contributed by atoms with Crippen LogP contribution in [-0.2, 0) is 6.42 Å². The molecule has 0 saturated carbocycles. The van der Waals surface area contributed by atoms with Crippen molar-refractivity contribution in [3.05, 3.63) is 27.9 Å². The molecule has 0 bridgehead atoms. The van der Waals surface area contributed by atoms with E-state index in [4.69, 9.17) is 5.73 Å². The lowest BCUT2D eigenvalue weighted by Gasteiger charge is -2.26. The van der Waals surface area contributed by atoms with Crippen molar-refractivity contribution in [1.82, 2.24) is 9.97 Å². The minimum Gasteiger partial charge on any atom is -0.321 e. The molecule has 0 amide bonds. The standard InChI is InChI=1S/C12H21N3O/c1-5-6-8-7-9(16)15-11(14-8)10(13)12(2,3)4/h7,10H,5-6,13H2,1-4H3,(H,14,15,16). The number of nitrogens with two attached hydrogens (primary N) is 1. The molecule has 1 atom stereocenters. The highest BCUT2D eigenvalue weighted by Crippen LogP contribution is 2.27. The van der Waals surface area contributed by atoms with Gasteiger partial charge >= 0.3 is 0 Å². The van der Waals surface area contributed by atoms with E-state index in [1.54, 1.807) is 6.07 Å². The number of rotatable bonds is 3. The second-order valence-corrected chi connectivity index (χ2v) is 5.22. The zero-order chi connectivity index (χ0) is 12.3. The Morgan fingerprint density at radius 3 is 2.62 bits per heavy atom. The van der Waals surface area contributed by atoms with E-state index in [-0.39, 0.29) is 17.0 Å². The average Bonchev–Trinajstić information content (AvgIpc) is 2.14. The number of aromatic nitrogens is 2. The Hall–Kier alpha value is -1.16. The zero-order valence-electron chi connectivity index (χ0n) is 10.5. The summed E-state index contributed by atoms with van der Waals surface area (Å²) in [7, 11) is 0. The van der Waals surface area contributed by atoms with Crippen molar-refractivity contribution in [2.24, 2.45) is 11.1 Å². The van der Waals surface area contributed by atoms with E-state index in [1.165, 1.54) is 0 Å². The highest BCUT2D eigenvalue weighted by atomic mass is 16.1. The molecule has 0 aliphatic rings. The molecule has 1 heterocycles. The number of aromatic amines is 1. The average molecular weight is 223 g/mol. The van der Waals surface area contributed by atoms with Crippen molar-refractivity contribution in [3.8, 4) is 0 Å². The molecule has 0 saturated heterocycles. The number of aryl methyl sites for hydroxylation is 1. The highest BCUT2D eigenvalue weighted by Gasteiger charge is 2.24. The second kappa shape index (κ2) is 4.78. The molecule has 3 N–H and O–H groups in total. The molecule has 0 aliphatic heterocycles.